The fourth-order valence-electron chi connectivity index (χ4n) is 2.37. The number of hydrogen-bond acceptors (Lipinski definition) is 4. The molecule has 134 valence electrons. The normalized spacial score (nSPS) is 11.9. The summed E-state index contributed by atoms with van der Waals surface area (Å²) in [7, 11) is 5.59. The monoisotopic (exact) mass is 362 g/mol. The Morgan fingerprint density at radius 1 is 1.08 bits per heavy atom. The van der Waals surface area contributed by atoms with Gasteiger partial charge in [0.2, 0.25) is 0 Å². The molecule has 0 heterocycles. The number of carbonyl (C=O) groups is 1. The molecular weight excluding hydrogens is 340 g/mol. The van der Waals surface area contributed by atoms with Crippen LogP contribution in [0.5, 0.6) is 11.5 Å². The minimum atomic E-state index is -0.171. The van der Waals surface area contributed by atoms with Gasteiger partial charge in [-0.3, -0.25) is 4.79 Å². The zero-order valence-electron chi connectivity index (χ0n) is 14.7. The number of amides is 1. The Kier molecular flexibility index (Phi) is 7.10. The molecule has 2 aromatic carbocycles. The van der Waals surface area contributed by atoms with Gasteiger partial charge < -0.3 is 19.7 Å². The van der Waals surface area contributed by atoms with Crippen LogP contribution in [0, 0.1) is 0 Å². The van der Waals surface area contributed by atoms with Crippen molar-refractivity contribution in [2.24, 2.45) is 0 Å². The second-order valence-corrected chi connectivity index (χ2v) is 6.24. The first-order valence-electron chi connectivity index (χ1n) is 7.95. The van der Waals surface area contributed by atoms with Crippen LogP contribution in [0.15, 0.2) is 48.5 Å². The van der Waals surface area contributed by atoms with E-state index in [1.807, 2.05) is 38.4 Å². The molecule has 1 N–H and O–H groups in total. The number of likely N-dealkylation sites (N-methyl/N-ethyl adjacent to an activating group) is 1. The average molecular weight is 363 g/mol. The number of ether oxygens (including phenoxy) is 2. The smallest absolute Gasteiger partial charge is 0.258 e. The van der Waals surface area contributed by atoms with Crippen LogP contribution in [0.4, 0.5) is 0 Å². The van der Waals surface area contributed by atoms with Crippen molar-refractivity contribution in [1.29, 1.82) is 0 Å². The maximum Gasteiger partial charge on any atom is 0.258 e. The first-order chi connectivity index (χ1) is 12.0. The summed E-state index contributed by atoms with van der Waals surface area (Å²) in [5.41, 5.74) is 1.10. The zero-order chi connectivity index (χ0) is 18.2. The van der Waals surface area contributed by atoms with Crippen LogP contribution in [0.2, 0.25) is 5.02 Å². The van der Waals surface area contributed by atoms with E-state index in [1.165, 1.54) is 0 Å². The number of benzene rings is 2. The van der Waals surface area contributed by atoms with Crippen molar-refractivity contribution in [2.45, 2.75) is 6.04 Å². The number of carbonyl (C=O) groups excluding carboxylic acids is 1. The molecule has 0 aliphatic carbocycles. The first-order valence-corrected chi connectivity index (χ1v) is 8.33. The molecule has 0 aliphatic heterocycles. The van der Waals surface area contributed by atoms with Crippen molar-refractivity contribution in [2.75, 3.05) is 34.4 Å². The third-order valence-electron chi connectivity index (χ3n) is 3.80. The van der Waals surface area contributed by atoms with Crippen LogP contribution in [0.25, 0.3) is 0 Å². The number of halogens is 1. The van der Waals surface area contributed by atoms with E-state index < -0.39 is 0 Å². The predicted molar refractivity (Wildman–Crippen MR) is 99.4 cm³/mol. The molecule has 1 atom stereocenters. The van der Waals surface area contributed by atoms with Gasteiger partial charge in [-0.15, -0.1) is 0 Å². The van der Waals surface area contributed by atoms with E-state index in [0.717, 1.165) is 11.3 Å². The Hall–Kier alpha value is -2.24. The van der Waals surface area contributed by atoms with Gasteiger partial charge in [0.25, 0.3) is 5.91 Å². The Morgan fingerprint density at radius 3 is 2.24 bits per heavy atom. The molecule has 0 aromatic heterocycles. The third kappa shape index (κ3) is 5.96. The standard InChI is InChI=1S/C19H23ClN2O3/c1-22(2)18(14-4-8-16(24-3)9-5-14)12-21-19(23)13-25-17-10-6-15(20)7-11-17/h4-11,18H,12-13H2,1-3H3,(H,21,23). The van der Waals surface area contributed by atoms with Crippen LogP contribution in [-0.4, -0.2) is 45.2 Å². The zero-order valence-corrected chi connectivity index (χ0v) is 15.4. The molecule has 25 heavy (non-hydrogen) atoms. The van der Waals surface area contributed by atoms with Gasteiger partial charge in [0.15, 0.2) is 6.61 Å². The quantitative estimate of drug-likeness (QED) is 0.783. The lowest BCUT2D eigenvalue weighted by Crippen LogP contribution is -2.36. The topological polar surface area (TPSA) is 50.8 Å². The minimum Gasteiger partial charge on any atom is -0.497 e. The molecule has 0 spiro atoms. The summed E-state index contributed by atoms with van der Waals surface area (Å²) in [6.07, 6.45) is 0. The molecule has 0 saturated heterocycles. The fourth-order valence-corrected chi connectivity index (χ4v) is 2.49. The molecule has 0 saturated carbocycles. The van der Waals surface area contributed by atoms with E-state index in [4.69, 9.17) is 21.1 Å². The van der Waals surface area contributed by atoms with Crippen LogP contribution < -0.4 is 14.8 Å². The van der Waals surface area contributed by atoms with Crippen molar-refractivity contribution in [3.63, 3.8) is 0 Å². The number of hydrogen-bond donors (Lipinski definition) is 1. The highest BCUT2D eigenvalue weighted by atomic mass is 35.5. The van der Waals surface area contributed by atoms with E-state index >= 15 is 0 Å². The van der Waals surface area contributed by atoms with E-state index in [1.54, 1.807) is 31.4 Å². The summed E-state index contributed by atoms with van der Waals surface area (Å²) in [5.74, 6) is 1.25. The SMILES string of the molecule is COc1ccc(C(CNC(=O)COc2ccc(Cl)cc2)N(C)C)cc1. The van der Waals surface area contributed by atoms with Gasteiger partial charge in [0.05, 0.1) is 13.2 Å². The molecule has 0 aliphatic rings. The largest absolute Gasteiger partial charge is 0.497 e. The van der Waals surface area contributed by atoms with Gasteiger partial charge in [-0.05, 0) is 56.1 Å². The van der Waals surface area contributed by atoms with Crippen LogP contribution in [-0.2, 0) is 4.79 Å². The molecule has 2 aromatic rings. The average Bonchev–Trinajstić information content (AvgIpc) is 2.61. The van der Waals surface area contributed by atoms with Crippen molar-refractivity contribution in [3.05, 3.63) is 59.1 Å². The Balaban J connectivity index is 1.87. The van der Waals surface area contributed by atoms with E-state index in [9.17, 15) is 4.79 Å². The Morgan fingerprint density at radius 2 is 1.68 bits per heavy atom. The number of nitrogens with one attached hydrogen (secondary N) is 1. The Labute approximate surface area is 153 Å². The van der Waals surface area contributed by atoms with Gasteiger partial charge >= 0.3 is 0 Å². The molecule has 0 fully saturated rings. The molecule has 1 unspecified atom stereocenters. The van der Waals surface area contributed by atoms with E-state index in [0.29, 0.717) is 17.3 Å². The van der Waals surface area contributed by atoms with Crippen molar-refractivity contribution < 1.29 is 14.3 Å². The summed E-state index contributed by atoms with van der Waals surface area (Å²) in [6, 6.07) is 14.8. The summed E-state index contributed by atoms with van der Waals surface area (Å²) in [4.78, 5) is 14.1. The second-order valence-electron chi connectivity index (χ2n) is 5.80. The summed E-state index contributed by atoms with van der Waals surface area (Å²) in [6.45, 7) is 0.451. The molecule has 6 heteroatoms. The molecule has 0 bridgehead atoms. The minimum absolute atomic E-state index is 0.0373. The fraction of sp³-hybridized carbons (Fsp3) is 0.316. The highest BCUT2D eigenvalue weighted by molar-refractivity contribution is 6.30. The third-order valence-corrected chi connectivity index (χ3v) is 4.05. The van der Waals surface area contributed by atoms with E-state index in [-0.39, 0.29) is 18.6 Å². The van der Waals surface area contributed by atoms with Crippen LogP contribution in [0.3, 0.4) is 0 Å². The maximum atomic E-state index is 12.0. The lowest BCUT2D eigenvalue weighted by molar-refractivity contribution is -0.123. The number of rotatable bonds is 8. The van der Waals surface area contributed by atoms with Crippen LogP contribution >= 0.6 is 11.6 Å². The molecule has 2 rings (SSSR count). The summed E-state index contributed by atoms with van der Waals surface area (Å²) in [5, 5.41) is 3.54. The summed E-state index contributed by atoms with van der Waals surface area (Å²) >= 11 is 5.82. The van der Waals surface area contributed by atoms with Gasteiger partial charge in [0, 0.05) is 11.6 Å². The summed E-state index contributed by atoms with van der Waals surface area (Å²) < 4.78 is 10.6. The second kappa shape index (κ2) is 9.30. The van der Waals surface area contributed by atoms with Crippen molar-refractivity contribution in [3.8, 4) is 11.5 Å². The molecule has 0 radical (unpaired) electrons. The first kappa shape index (κ1) is 19.1. The predicted octanol–water partition coefficient (Wildman–Crippen LogP) is 3.15. The lowest BCUT2D eigenvalue weighted by atomic mass is 10.1. The number of nitrogens with zero attached hydrogens (tertiary/aromatic N) is 1. The Bertz CT molecular complexity index is 672. The molecule has 5 nitrogen and oxygen atoms in total. The lowest BCUT2D eigenvalue weighted by Gasteiger charge is -2.25. The molecular formula is C19H23ClN2O3. The van der Waals surface area contributed by atoms with Gasteiger partial charge in [0.1, 0.15) is 11.5 Å². The highest BCUT2D eigenvalue weighted by Crippen LogP contribution is 2.20. The van der Waals surface area contributed by atoms with Gasteiger partial charge in [-0.1, -0.05) is 23.7 Å². The number of methoxy groups -OCH3 is 1. The van der Waals surface area contributed by atoms with Crippen LogP contribution in [0.1, 0.15) is 11.6 Å². The highest BCUT2D eigenvalue weighted by Gasteiger charge is 2.15. The van der Waals surface area contributed by atoms with Gasteiger partial charge in [-0.25, -0.2) is 0 Å². The maximum absolute atomic E-state index is 12.0. The van der Waals surface area contributed by atoms with Gasteiger partial charge in [-0.2, -0.15) is 0 Å². The van der Waals surface area contributed by atoms with E-state index in [2.05, 4.69) is 10.2 Å². The van der Waals surface area contributed by atoms with Crippen molar-refractivity contribution >= 4 is 17.5 Å². The molecule has 1 amide bonds. The van der Waals surface area contributed by atoms with Crippen molar-refractivity contribution in [1.82, 2.24) is 10.2 Å².